The Hall–Kier alpha value is -1.43. The van der Waals surface area contributed by atoms with Crippen LogP contribution in [0.3, 0.4) is 0 Å². The van der Waals surface area contributed by atoms with Crippen molar-refractivity contribution in [1.29, 1.82) is 0 Å². The van der Waals surface area contributed by atoms with Gasteiger partial charge >= 0.3 is 6.01 Å². The van der Waals surface area contributed by atoms with E-state index in [1.807, 2.05) is 0 Å². The van der Waals surface area contributed by atoms with Gasteiger partial charge in [-0.1, -0.05) is 25.9 Å². The third kappa shape index (κ3) is 2.63. The summed E-state index contributed by atoms with van der Waals surface area (Å²) in [6, 6.07) is 0.472. The van der Waals surface area contributed by atoms with E-state index in [2.05, 4.69) is 41.3 Å². The van der Waals surface area contributed by atoms with E-state index in [1.54, 1.807) is 11.3 Å². The summed E-state index contributed by atoms with van der Waals surface area (Å²) in [7, 11) is 0. The van der Waals surface area contributed by atoms with Crippen LogP contribution in [0.5, 0.6) is 0 Å². The molecule has 0 saturated heterocycles. The summed E-state index contributed by atoms with van der Waals surface area (Å²) in [5.41, 5.74) is 1.16. The largest absolute Gasteiger partial charge is 0.408 e. The summed E-state index contributed by atoms with van der Waals surface area (Å²) >= 11 is 1.79. The summed E-state index contributed by atoms with van der Waals surface area (Å²) < 4.78 is 5.59. The van der Waals surface area contributed by atoms with Crippen LogP contribution >= 0.6 is 11.3 Å². The molecule has 102 valence electrons. The molecule has 2 aromatic rings. The lowest BCUT2D eigenvalue weighted by Gasteiger charge is -2.10. The minimum atomic E-state index is -0.116. The first-order valence-electron chi connectivity index (χ1n) is 6.58. The molecule has 0 spiro atoms. The van der Waals surface area contributed by atoms with Gasteiger partial charge in [-0.15, -0.1) is 16.4 Å². The maximum atomic E-state index is 5.59. The highest BCUT2D eigenvalue weighted by Crippen LogP contribution is 2.28. The van der Waals surface area contributed by atoms with Crippen molar-refractivity contribution >= 4 is 17.4 Å². The summed E-state index contributed by atoms with van der Waals surface area (Å²) in [6.45, 7) is 6.81. The van der Waals surface area contributed by atoms with E-state index in [9.17, 15) is 0 Å². The Morgan fingerprint density at radius 1 is 1.26 bits per heavy atom. The molecule has 3 rings (SSSR count). The van der Waals surface area contributed by atoms with Crippen LogP contribution < -0.4 is 5.32 Å². The maximum Gasteiger partial charge on any atom is 0.315 e. The standard InChI is InChI=1S/C13H18N4OS/c1-13(2,3)11-16-17-12(18-11)14-7-10-15-8-5-4-6-9(8)19-10/h4-7H2,1-3H3,(H,14,17). The number of rotatable bonds is 3. The van der Waals surface area contributed by atoms with Crippen LogP contribution in [-0.4, -0.2) is 15.2 Å². The highest BCUT2D eigenvalue weighted by Gasteiger charge is 2.21. The molecule has 6 heteroatoms. The van der Waals surface area contributed by atoms with E-state index < -0.39 is 0 Å². The number of hydrogen-bond donors (Lipinski definition) is 1. The lowest BCUT2D eigenvalue weighted by molar-refractivity contribution is 0.399. The summed E-state index contributed by atoms with van der Waals surface area (Å²) in [4.78, 5) is 6.07. The Kier molecular flexibility index (Phi) is 3.05. The monoisotopic (exact) mass is 278 g/mol. The quantitative estimate of drug-likeness (QED) is 0.935. The fourth-order valence-electron chi connectivity index (χ4n) is 2.07. The zero-order valence-electron chi connectivity index (χ0n) is 11.5. The third-order valence-electron chi connectivity index (χ3n) is 3.10. The number of nitrogens with zero attached hydrogens (tertiary/aromatic N) is 3. The number of thiazole rings is 1. The number of hydrogen-bond acceptors (Lipinski definition) is 6. The highest BCUT2D eigenvalue weighted by atomic mass is 32.1. The molecule has 1 aliphatic rings. The van der Waals surface area contributed by atoms with Crippen LogP contribution in [0.25, 0.3) is 0 Å². The molecule has 1 N–H and O–H groups in total. The normalized spacial score (nSPS) is 14.7. The van der Waals surface area contributed by atoms with E-state index >= 15 is 0 Å². The van der Waals surface area contributed by atoms with Gasteiger partial charge in [-0.2, -0.15) is 0 Å². The highest BCUT2D eigenvalue weighted by molar-refractivity contribution is 7.11. The van der Waals surface area contributed by atoms with Crippen molar-refractivity contribution < 1.29 is 4.42 Å². The minimum Gasteiger partial charge on any atom is -0.408 e. The maximum absolute atomic E-state index is 5.59. The van der Waals surface area contributed by atoms with Crippen LogP contribution in [0, 0.1) is 0 Å². The lowest BCUT2D eigenvalue weighted by atomic mass is 9.97. The number of anilines is 1. The fourth-order valence-corrected chi connectivity index (χ4v) is 3.16. The van der Waals surface area contributed by atoms with Crippen LogP contribution in [0.1, 0.15) is 48.7 Å². The third-order valence-corrected chi connectivity index (χ3v) is 4.25. The van der Waals surface area contributed by atoms with Crippen molar-refractivity contribution in [3.8, 4) is 0 Å². The van der Waals surface area contributed by atoms with E-state index in [-0.39, 0.29) is 5.41 Å². The molecule has 0 atom stereocenters. The number of nitrogens with one attached hydrogen (secondary N) is 1. The molecule has 0 amide bonds. The van der Waals surface area contributed by atoms with E-state index in [0.717, 1.165) is 11.4 Å². The molecule has 0 aromatic carbocycles. The average molecular weight is 278 g/mol. The second-order valence-corrected chi connectivity index (χ2v) is 7.02. The zero-order chi connectivity index (χ0) is 13.5. The zero-order valence-corrected chi connectivity index (χ0v) is 12.3. The van der Waals surface area contributed by atoms with Gasteiger partial charge in [0.25, 0.3) is 0 Å². The Labute approximate surface area is 116 Å². The van der Waals surface area contributed by atoms with Crippen LogP contribution in [0.2, 0.25) is 0 Å². The molecular formula is C13H18N4OS. The summed E-state index contributed by atoms with van der Waals surface area (Å²) in [5, 5.41) is 12.3. The van der Waals surface area contributed by atoms with Gasteiger partial charge in [-0.25, -0.2) is 4.98 Å². The van der Waals surface area contributed by atoms with Crippen LogP contribution in [0.4, 0.5) is 6.01 Å². The Bertz CT molecular complexity index is 560. The molecule has 1 aliphatic carbocycles. The van der Waals surface area contributed by atoms with Crippen molar-refractivity contribution in [3.05, 3.63) is 21.5 Å². The average Bonchev–Trinajstić information content (AvgIpc) is 3.00. The topological polar surface area (TPSA) is 63.8 Å². The van der Waals surface area contributed by atoms with Gasteiger partial charge in [0.1, 0.15) is 5.01 Å². The van der Waals surface area contributed by atoms with Gasteiger partial charge in [0.15, 0.2) is 0 Å². The second-order valence-electron chi connectivity index (χ2n) is 5.85. The van der Waals surface area contributed by atoms with Gasteiger partial charge in [0, 0.05) is 10.3 Å². The SMILES string of the molecule is CC(C)(C)c1nnc(NCc2nc3c(s2)CCC3)o1. The van der Waals surface area contributed by atoms with Crippen molar-refractivity contribution in [1.82, 2.24) is 15.2 Å². The van der Waals surface area contributed by atoms with Gasteiger partial charge in [0.2, 0.25) is 5.89 Å². The van der Waals surface area contributed by atoms with E-state index in [4.69, 9.17) is 4.42 Å². The number of fused-ring (bicyclic) bond motifs is 1. The minimum absolute atomic E-state index is 0.116. The molecule has 0 bridgehead atoms. The number of aromatic nitrogens is 3. The van der Waals surface area contributed by atoms with Gasteiger partial charge < -0.3 is 9.73 Å². The van der Waals surface area contributed by atoms with Crippen molar-refractivity contribution in [3.63, 3.8) is 0 Å². The van der Waals surface area contributed by atoms with Crippen molar-refractivity contribution in [2.75, 3.05) is 5.32 Å². The van der Waals surface area contributed by atoms with Gasteiger partial charge in [-0.05, 0) is 19.3 Å². The van der Waals surface area contributed by atoms with Gasteiger partial charge in [-0.3, -0.25) is 0 Å². The van der Waals surface area contributed by atoms with E-state index in [1.165, 1.54) is 23.4 Å². The predicted molar refractivity (Wildman–Crippen MR) is 74.5 cm³/mol. The molecule has 19 heavy (non-hydrogen) atoms. The Balaban J connectivity index is 1.64. The molecular weight excluding hydrogens is 260 g/mol. The van der Waals surface area contributed by atoms with Crippen LogP contribution in [-0.2, 0) is 24.8 Å². The molecule has 0 radical (unpaired) electrons. The molecule has 2 heterocycles. The first-order chi connectivity index (χ1) is 9.02. The Morgan fingerprint density at radius 2 is 2.11 bits per heavy atom. The lowest BCUT2D eigenvalue weighted by Crippen LogP contribution is -2.11. The first-order valence-corrected chi connectivity index (χ1v) is 7.39. The summed E-state index contributed by atoms with van der Waals surface area (Å²) in [5.74, 6) is 0.650. The molecule has 0 aliphatic heterocycles. The smallest absolute Gasteiger partial charge is 0.315 e. The molecule has 2 aromatic heterocycles. The van der Waals surface area contributed by atoms with Crippen LogP contribution in [0.15, 0.2) is 4.42 Å². The molecule has 5 nitrogen and oxygen atoms in total. The summed E-state index contributed by atoms with van der Waals surface area (Å²) in [6.07, 6.45) is 3.56. The fraction of sp³-hybridized carbons (Fsp3) is 0.615. The number of aryl methyl sites for hydroxylation is 2. The van der Waals surface area contributed by atoms with Crippen molar-refractivity contribution in [2.24, 2.45) is 0 Å². The molecule has 0 saturated carbocycles. The molecule has 0 unspecified atom stereocenters. The van der Waals surface area contributed by atoms with E-state index in [0.29, 0.717) is 18.5 Å². The second kappa shape index (κ2) is 4.59. The Morgan fingerprint density at radius 3 is 2.79 bits per heavy atom. The predicted octanol–water partition coefficient (Wildman–Crippen LogP) is 2.92. The molecule has 0 fully saturated rings. The van der Waals surface area contributed by atoms with Gasteiger partial charge in [0.05, 0.1) is 12.2 Å². The first kappa shape index (κ1) is 12.6. The van der Waals surface area contributed by atoms with Crippen molar-refractivity contribution in [2.45, 2.75) is 52.0 Å².